The summed E-state index contributed by atoms with van der Waals surface area (Å²) in [4.78, 5) is 26.2. The van der Waals surface area contributed by atoms with Gasteiger partial charge in [-0.1, -0.05) is 18.2 Å². The van der Waals surface area contributed by atoms with E-state index in [0.29, 0.717) is 18.8 Å². The van der Waals surface area contributed by atoms with Crippen LogP contribution < -0.4 is 10.6 Å². The molecule has 1 atom stereocenters. The maximum absolute atomic E-state index is 13.3. The summed E-state index contributed by atoms with van der Waals surface area (Å²) in [7, 11) is 1.75. The number of nitrogens with zero attached hydrogens (tertiary/aromatic N) is 1. The van der Waals surface area contributed by atoms with E-state index in [2.05, 4.69) is 10.6 Å². The minimum absolute atomic E-state index is 0.0980. The van der Waals surface area contributed by atoms with Crippen molar-refractivity contribution in [2.45, 2.75) is 31.9 Å². The maximum Gasteiger partial charge on any atom is 0.317 e. The monoisotopic (exact) mass is 399 g/mol. The molecule has 1 aliphatic rings. The molecule has 2 aromatic rings. The summed E-state index contributed by atoms with van der Waals surface area (Å²) in [5.74, 6) is -0.852. The zero-order valence-electron chi connectivity index (χ0n) is 16.5. The Morgan fingerprint density at radius 2 is 2.00 bits per heavy atom. The highest BCUT2D eigenvalue weighted by molar-refractivity contribution is 6.04. The molecule has 2 aromatic carbocycles. The number of anilines is 1. The summed E-state index contributed by atoms with van der Waals surface area (Å²) in [6.45, 7) is 1.65. The fraction of sp³-hybridized carbons (Fsp3) is 0.364. The molecule has 7 heteroatoms. The van der Waals surface area contributed by atoms with E-state index < -0.39 is 11.7 Å². The zero-order chi connectivity index (χ0) is 20.6. The molecule has 0 bridgehead atoms. The number of hydrogen-bond acceptors (Lipinski definition) is 3. The van der Waals surface area contributed by atoms with Crippen LogP contribution in [0.2, 0.25) is 0 Å². The number of ether oxygens (including phenoxy) is 1. The van der Waals surface area contributed by atoms with Gasteiger partial charge >= 0.3 is 6.03 Å². The molecule has 6 nitrogen and oxygen atoms in total. The molecule has 0 aromatic heterocycles. The van der Waals surface area contributed by atoms with Crippen molar-refractivity contribution in [2.75, 3.05) is 25.5 Å². The summed E-state index contributed by atoms with van der Waals surface area (Å²) < 4.78 is 19.0. The molecule has 0 spiro atoms. The number of amides is 3. The quantitative estimate of drug-likeness (QED) is 0.776. The SMILES string of the molecule is CN(CC1CCCCO1)C(=O)NCc1cccc(NC(=O)c2cccc(F)c2)c1. The summed E-state index contributed by atoms with van der Waals surface area (Å²) in [5, 5.41) is 5.62. The third-order valence-corrected chi connectivity index (χ3v) is 4.81. The minimum Gasteiger partial charge on any atom is -0.376 e. The number of hydrogen-bond donors (Lipinski definition) is 2. The second kappa shape index (κ2) is 10.0. The van der Waals surface area contributed by atoms with Crippen LogP contribution in [0.3, 0.4) is 0 Å². The predicted octanol–water partition coefficient (Wildman–Crippen LogP) is 3.79. The van der Waals surface area contributed by atoms with E-state index in [4.69, 9.17) is 4.74 Å². The summed E-state index contributed by atoms with van der Waals surface area (Å²) in [6, 6.07) is 12.5. The first-order valence-corrected chi connectivity index (χ1v) is 9.77. The van der Waals surface area contributed by atoms with Crippen molar-refractivity contribution in [3.05, 3.63) is 65.5 Å². The van der Waals surface area contributed by atoms with Crippen LogP contribution in [0, 0.1) is 5.82 Å². The molecule has 1 fully saturated rings. The van der Waals surface area contributed by atoms with Crippen LogP contribution in [0.5, 0.6) is 0 Å². The summed E-state index contributed by atoms with van der Waals surface area (Å²) in [6.07, 6.45) is 3.29. The highest BCUT2D eigenvalue weighted by Gasteiger charge is 2.18. The lowest BCUT2D eigenvalue weighted by Crippen LogP contribution is -2.42. The van der Waals surface area contributed by atoms with Gasteiger partial charge in [0.25, 0.3) is 5.91 Å². The normalized spacial score (nSPS) is 16.1. The van der Waals surface area contributed by atoms with Crippen molar-refractivity contribution < 1.29 is 18.7 Å². The van der Waals surface area contributed by atoms with E-state index >= 15 is 0 Å². The molecule has 2 N–H and O–H groups in total. The third kappa shape index (κ3) is 6.29. The summed E-state index contributed by atoms with van der Waals surface area (Å²) in [5.41, 5.74) is 1.67. The molecule has 1 heterocycles. The molecule has 0 aliphatic carbocycles. The van der Waals surface area contributed by atoms with E-state index in [1.165, 1.54) is 18.2 Å². The third-order valence-electron chi connectivity index (χ3n) is 4.81. The lowest BCUT2D eigenvalue weighted by molar-refractivity contribution is 0.00385. The molecule has 29 heavy (non-hydrogen) atoms. The Hall–Kier alpha value is -2.93. The molecule has 154 valence electrons. The number of carbonyl (C=O) groups is 2. The molecule has 1 saturated heterocycles. The van der Waals surface area contributed by atoms with E-state index in [1.807, 2.05) is 6.07 Å². The molecular formula is C22H26FN3O3. The van der Waals surface area contributed by atoms with Gasteiger partial charge in [-0.3, -0.25) is 4.79 Å². The van der Waals surface area contributed by atoms with Crippen molar-refractivity contribution >= 4 is 17.6 Å². The Labute approximate surface area is 170 Å². The van der Waals surface area contributed by atoms with Crippen LogP contribution >= 0.6 is 0 Å². The molecule has 0 saturated carbocycles. The lowest BCUT2D eigenvalue weighted by atomic mass is 10.1. The molecule has 1 unspecified atom stereocenters. The van der Waals surface area contributed by atoms with Crippen LogP contribution in [-0.4, -0.2) is 43.1 Å². The number of nitrogens with one attached hydrogen (secondary N) is 2. The Morgan fingerprint density at radius 1 is 1.17 bits per heavy atom. The highest BCUT2D eigenvalue weighted by atomic mass is 19.1. The second-order valence-corrected chi connectivity index (χ2v) is 7.19. The smallest absolute Gasteiger partial charge is 0.317 e. The van der Waals surface area contributed by atoms with Crippen molar-refractivity contribution in [2.24, 2.45) is 0 Å². The molecule has 3 amide bonds. The van der Waals surface area contributed by atoms with Crippen LogP contribution in [0.1, 0.15) is 35.2 Å². The van der Waals surface area contributed by atoms with Gasteiger partial charge in [0.1, 0.15) is 5.82 Å². The van der Waals surface area contributed by atoms with Crippen LogP contribution in [0.4, 0.5) is 14.9 Å². The fourth-order valence-electron chi connectivity index (χ4n) is 3.24. The Morgan fingerprint density at radius 3 is 2.76 bits per heavy atom. The number of benzene rings is 2. The van der Waals surface area contributed by atoms with E-state index in [0.717, 1.165) is 31.4 Å². The number of carbonyl (C=O) groups excluding carboxylic acids is 2. The molecule has 1 aliphatic heterocycles. The first kappa shape index (κ1) is 20.8. The standard InChI is InChI=1S/C22H26FN3O3/c1-26(15-20-10-2-3-11-29-20)22(28)24-14-16-6-4-9-19(12-16)25-21(27)17-7-5-8-18(23)13-17/h4-9,12-13,20H,2-3,10-11,14-15H2,1H3,(H,24,28)(H,25,27). The molecule has 0 radical (unpaired) electrons. The van der Waals surface area contributed by atoms with Gasteiger partial charge in [0.2, 0.25) is 0 Å². The fourth-order valence-corrected chi connectivity index (χ4v) is 3.24. The van der Waals surface area contributed by atoms with Crippen LogP contribution in [0.15, 0.2) is 48.5 Å². The average Bonchev–Trinajstić information content (AvgIpc) is 2.73. The second-order valence-electron chi connectivity index (χ2n) is 7.19. The van der Waals surface area contributed by atoms with Gasteiger partial charge in [-0.25, -0.2) is 9.18 Å². The highest BCUT2D eigenvalue weighted by Crippen LogP contribution is 2.15. The summed E-state index contributed by atoms with van der Waals surface area (Å²) >= 11 is 0. The predicted molar refractivity (Wildman–Crippen MR) is 109 cm³/mol. The van der Waals surface area contributed by atoms with E-state index in [9.17, 15) is 14.0 Å². The van der Waals surface area contributed by atoms with Gasteiger partial charge in [-0.15, -0.1) is 0 Å². The Kier molecular flexibility index (Phi) is 7.19. The number of halogens is 1. The minimum atomic E-state index is -0.461. The Balaban J connectivity index is 1.51. The zero-order valence-corrected chi connectivity index (χ0v) is 16.5. The first-order chi connectivity index (χ1) is 14.0. The van der Waals surface area contributed by atoms with Crippen LogP contribution in [0.25, 0.3) is 0 Å². The van der Waals surface area contributed by atoms with Gasteiger partial charge in [-0.2, -0.15) is 0 Å². The van der Waals surface area contributed by atoms with Gasteiger partial charge < -0.3 is 20.3 Å². The molecular weight excluding hydrogens is 373 g/mol. The number of urea groups is 1. The first-order valence-electron chi connectivity index (χ1n) is 9.77. The van der Waals surface area contributed by atoms with Crippen LogP contribution in [-0.2, 0) is 11.3 Å². The van der Waals surface area contributed by atoms with Crippen molar-refractivity contribution in [3.8, 4) is 0 Å². The molecule has 3 rings (SSSR count). The van der Waals surface area contributed by atoms with Crippen molar-refractivity contribution in [3.63, 3.8) is 0 Å². The maximum atomic E-state index is 13.3. The van der Waals surface area contributed by atoms with Crippen molar-refractivity contribution in [1.82, 2.24) is 10.2 Å². The van der Waals surface area contributed by atoms with E-state index in [-0.39, 0.29) is 17.7 Å². The number of likely N-dealkylation sites (N-methyl/N-ethyl adjacent to an activating group) is 1. The lowest BCUT2D eigenvalue weighted by Gasteiger charge is -2.27. The largest absolute Gasteiger partial charge is 0.376 e. The van der Waals surface area contributed by atoms with Crippen molar-refractivity contribution in [1.29, 1.82) is 0 Å². The number of rotatable bonds is 6. The van der Waals surface area contributed by atoms with Gasteiger partial charge in [0.15, 0.2) is 0 Å². The van der Waals surface area contributed by atoms with E-state index in [1.54, 1.807) is 36.2 Å². The van der Waals surface area contributed by atoms with Gasteiger partial charge in [-0.05, 0) is 55.2 Å². The Bertz CT molecular complexity index is 853. The van der Waals surface area contributed by atoms with Gasteiger partial charge in [0, 0.05) is 38.0 Å². The topological polar surface area (TPSA) is 70.7 Å². The van der Waals surface area contributed by atoms with Gasteiger partial charge in [0.05, 0.1) is 6.10 Å². The average molecular weight is 399 g/mol.